The first kappa shape index (κ1) is 10.2. The van der Waals surface area contributed by atoms with Crippen LogP contribution in [0.5, 0.6) is 0 Å². The standard InChI is InChI=1S/C9H11NO2S/c10-12-6-7-13-9(11)8-4-2-1-3-5-8/h1-5H,6-7,10H2. The average Bonchev–Trinajstić information content (AvgIpc) is 2.19. The van der Waals surface area contributed by atoms with Gasteiger partial charge in [-0.3, -0.25) is 4.79 Å². The summed E-state index contributed by atoms with van der Waals surface area (Å²) in [5.41, 5.74) is 0.713. The molecule has 0 aliphatic heterocycles. The van der Waals surface area contributed by atoms with Crippen LogP contribution in [0.3, 0.4) is 0 Å². The average molecular weight is 197 g/mol. The molecule has 0 spiro atoms. The van der Waals surface area contributed by atoms with Crippen LogP contribution in [0.15, 0.2) is 30.3 Å². The van der Waals surface area contributed by atoms with Crippen molar-refractivity contribution in [2.24, 2.45) is 5.90 Å². The maximum Gasteiger partial charge on any atom is 0.219 e. The van der Waals surface area contributed by atoms with E-state index in [4.69, 9.17) is 5.90 Å². The predicted octanol–water partition coefficient (Wildman–Crippen LogP) is 1.45. The van der Waals surface area contributed by atoms with Crippen LogP contribution in [0.4, 0.5) is 0 Å². The number of carbonyl (C=O) groups excluding carboxylic acids is 1. The molecule has 0 fully saturated rings. The lowest BCUT2D eigenvalue weighted by Crippen LogP contribution is -2.05. The van der Waals surface area contributed by atoms with Crippen molar-refractivity contribution in [1.82, 2.24) is 0 Å². The van der Waals surface area contributed by atoms with E-state index in [-0.39, 0.29) is 5.12 Å². The molecule has 0 radical (unpaired) electrons. The van der Waals surface area contributed by atoms with E-state index in [9.17, 15) is 4.79 Å². The molecule has 0 aromatic heterocycles. The van der Waals surface area contributed by atoms with E-state index in [1.807, 2.05) is 18.2 Å². The molecule has 0 heterocycles. The fourth-order valence-corrected chi connectivity index (χ4v) is 1.51. The Balaban J connectivity index is 2.40. The third kappa shape index (κ3) is 3.59. The summed E-state index contributed by atoms with van der Waals surface area (Å²) in [5.74, 6) is 5.42. The number of hydrogen-bond donors (Lipinski definition) is 1. The topological polar surface area (TPSA) is 52.3 Å². The van der Waals surface area contributed by atoms with Crippen molar-refractivity contribution < 1.29 is 9.63 Å². The van der Waals surface area contributed by atoms with Gasteiger partial charge in [0.2, 0.25) is 5.12 Å². The van der Waals surface area contributed by atoms with Gasteiger partial charge in [-0.25, -0.2) is 5.90 Å². The first-order valence-electron chi connectivity index (χ1n) is 3.88. The minimum absolute atomic E-state index is 0.0534. The lowest BCUT2D eigenvalue weighted by Gasteiger charge is -1.98. The summed E-state index contributed by atoms with van der Waals surface area (Å²) >= 11 is 1.21. The molecule has 4 heteroatoms. The van der Waals surface area contributed by atoms with Crippen LogP contribution < -0.4 is 5.90 Å². The quantitative estimate of drug-likeness (QED) is 0.586. The lowest BCUT2D eigenvalue weighted by molar-refractivity contribution is 0.108. The zero-order chi connectivity index (χ0) is 9.52. The SMILES string of the molecule is NOCCSC(=O)c1ccccc1. The van der Waals surface area contributed by atoms with Gasteiger partial charge >= 0.3 is 0 Å². The Morgan fingerprint density at radius 2 is 2.08 bits per heavy atom. The molecule has 1 aromatic carbocycles. The highest BCUT2D eigenvalue weighted by Gasteiger charge is 2.04. The fourth-order valence-electron chi connectivity index (χ4n) is 0.840. The van der Waals surface area contributed by atoms with Gasteiger partial charge in [0, 0.05) is 11.3 Å². The Labute approximate surface area is 81.2 Å². The molecule has 0 atom stereocenters. The number of benzene rings is 1. The zero-order valence-electron chi connectivity index (χ0n) is 7.10. The number of hydrogen-bond acceptors (Lipinski definition) is 4. The van der Waals surface area contributed by atoms with Crippen LogP contribution in [0.25, 0.3) is 0 Å². The monoisotopic (exact) mass is 197 g/mol. The normalized spacial score (nSPS) is 9.92. The highest BCUT2D eigenvalue weighted by molar-refractivity contribution is 8.14. The van der Waals surface area contributed by atoms with Crippen molar-refractivity contribution in [2.45, 2.75) is 0 Å². The molecule has 0 unspecified atom stereocenters. The minimum Gasteiger partial charge on any atom is -0.304 e. The van der Waals surface area contributed by atoms with E-state index in [0.717, 1.165) is 0 Å². The molecule has 0 saturated heterocycles. The summed E-state index contributed by atoms with van der Waals surface area (Å²) in [7, 11) is 0. The van der Waals surface area contributed by atoms with Gasteiger partial charge < -0.3 is 4.84 Å². The summed E-state index contributed by atoms with van der Waals surface area (Å²) in [5, 5.41) is 0.0534. The third-order valence-corrected chi connectivity index (χ3v) is 2.31. The van der Waals surface area contributed by atoms with Crippen molar-refractivity contribution in [3.63, 3.8) is 0 Å². The number of carbonyl (C=O) groups is 1. The smallest absolute Gasteiger partial charge is 0.219 e. The molecule has 1 rings (SSSR count). The molecule has 0 amide bonds. The van der Waals surface area contributed by atoms with Gasteiger partial charge in [-0.1, -0.05) is 42.1 Å². The van der Waals surface area contributed by atoms with E-state index in [1.54, 1.807) is 12.1 Å². The van der Waals surface area contributed by atoms with E-state index in [1.165, 1.54) is 11.8 Å². The minimum atomic E-state index is 0.0534. The highest BCUT2D eigenvalue weighted by Crippen LogP contribution is 2.11. The van der Waals surface area contributed by atoms with Crippen LogP contribution in [0.1, 0.15) is 10.4 Å². The van der Waals surface area contributed by atoms with Crippen LogP contribution in [0, 0.1) is 0 Å². The van der Waals surface area contributed by atoms with Crippen molar-refractivity contribution in [2.75, 3.05) is 12.4 Å². The van der Waals surface area contributed by atoms with Crippen LogP contribution in [-0.2, 0) is 4.84 Å². The molecule has 2 N–H and O–H groups in total. The van der Waals surface area contributed by atoms with Gasteiger partial charge in [-0.05, 0) is 0 Å². The van der Waals surface area contributed by atoms with Gasteiger partial charge in [-0.2, -0.15) is 0 Å². The molecular formula is C9H11NO2S. The molecular weight excluding hydrogens is 186 g/mol. The van der Waals surface area contributed by atoms with E-state index in [0.29, 0.717) is 17.9 Å². The highest BCUT2D eigenvalue weighted by atomic mass is 32.2. The Hall–Kier alpha value is -0.840. The molecule has 0 aliphatic carbocycles. The van der Waals surface area contributed by atoms with Gasteiger partial charge in [0.1, 0.15) is 0 Å². The number of rotatable bonds is 4. The van der Waals surface area contributed by atoms with Crippen LogP contribution in [0.2, 0.25) is 0 Å². The fraction of sp³-hybridized carbons (Fsp3) is 0.222. The summed E-state index contributed by atoms with van der Waals surface area (Å²) in [6, 6.07) is 9.14. The lowest BCUT2D eigenvalue weighted by atomic mass is 10.2. The molecule has 0 saturated carbocycles. The maximum atomic E-state index is 11.4. The predicted molar refractivity (Wildman–Crippen MR) is 53.4 cm³/mol. The second-order valence-corrected chi connectivity index (χ2v) is 3.44. The summed E-state index contributed by atoms with van der Waals surface area (Å²) in [6.45, 7) is 0.392. The zero-order valence-corrected chi connectivity index (χ0v) is 7.92. The van der Waals surface area contributed by atoms with Crippen LogP contribution in [-0.4, -0.2) is 17.5 Å². The summed E-state index contributed by atoms with van der Waals surface area (Å²) in [6.07, 6.45) is 0. The van der Waals surface area contributed by atoms with Crippen molar-refractivity contribution in [1.29, 1.82) is 0 Å². The summed E-state index contributed by atoms with van der Waals surface area (Å²) < 4.78 is 0. The third-order valence-electron chi connectivity index (χ3n) is 1.44. The number of nitrogens with two attached hydrogens (primary N) is 1. The Bertz CT molecular complexity index is 264. The largest absolute Gasteiger partial charge is 0.304 e. The first-order valence-corrected chi connectivity index (χ1v) is 4.87. The maximum absolute atomic E-state index is 11.4. The second kappa shape index (κ2) is 5.75. The first-order chi connectivity index (χ1) is 6.34. The van der Waals surface area contributed by atoms with Crippen LogP contribution >= 0.6 is 11.8 Å². The van der Waals surface area contributed by atoms with Crippen molar-refractivity contribution in [3.8, 4) is 0 Å². The molecule has 13 heavy (non-hydrogen) atoms. The van der Waals surface area contributed by atoms with Gasteiger partial charge in [0.15, 0.2) is 0 Å². The van der Waals surface area contributed by atoms with Gasteiger partial charge in [0.25, 0.3) is 0 Å². The number of thioether (sulfide) groups is 1. The Morgan fingerprint density at radius 1 is 1.38 bits per heavy atom. The van der Waals surface area contributed by atoms with E-state index in [2.05, 4.69) is 4.84 Å². The Morgan fingerprint density at radius 3 is 2.69 bits per heavy atom. The van der Waals surface area contributed by atoms with E-state index >= 15 is 0 Å². The molecule has 3 nitrogen and oxygen atoms in total. The van der Waals surface area contributed by atoms with Crippen molar-refractivity contribution in [3.05, 3.63) is 35.9 Å². The van der Waals surface area contributed by atoms with E-state index < -0.39 is 0 Å². The molecule has 70 valence electrons. The van der Waals surface area contributed by atoms with Gasteiger partial charge in [0.05, 0.1) is 6.61 Å². The second-order valence-electron chi connectivity index (χ2n) is 2.37. The molecule has 0 bridgehead atoms. The van der Waals surface area contributed by atoms with Crippen molar-refractivity contribution >= 4 is 16.9 Å². The Kier molecular flexibility index (Phi) is 4.53. The van der Waals surface area contributed by atoms with Gasteiger partial charge in [-0.15, -0.1) is 0 Å². The molecule has 0 aliphatic rings. The molecule has 1 aromatic rings. The summed E-state index contributed by atoms with van der Waals surface area (Å²) in [4.78, 5) is 15.7.